The summed E-state index contributed by atoms with van der Waals surface area (Å²) in [5.41, 5.74) is -0.453. The number of carbonyl (C=O) groups is 1. The molecule has 2 rings (SSSR count). The molecule has 0 radical (unpaired) electrons. The molecule has 1 amide bonds. The molecule has 0 bridgehead atoms. The van der Waals surface area contributed by atoms with Gasteiger partial charge in [0.1, 0.15) is 5.60 Å². The number of morpholine rings is 1. The SMILES string of the molecule is CC1CC(NCC2COCCN2C(=O)OC(C)(C)C)CS1. The third-order valence-corrected chi connectivity index (χ3v) is 5.05. The lowest BCUT2D eigenvalue weighted by Crippen LogP contribution is -2.55. The van der Waals surface area contributed by atoms with Crippen LogP contribution in [0.15, 0.2) is 0 Å². The monoisotopic (exact) mass is 316 g/mol. The minimum atomic E-state index is -0.453. The van der Waals surface area contributed by atoms with Crippen molar-refractivity contribution in [2.24, 2.45) is 0 Å². The first kappa shape index (κ1) is 16.9. The molecule has 2 heterocycles. The highest BCUT2D eigenvalue weighted by atomic mass is 32.2. The van der Waals surface area contributed by atoms with Crippen LogP contribution in [0.1, 0.15) is 34.1 Å². The molecule has 0 aromatic rings. The van der Waals surface area contributed by atoms with Crippen LogP contribution in [0, 0.1) is 0 Å². The Kier molecular flexibility index (Phi) is 5.80. The molecule has 2 aliphatic rings. The fourth-order valence-electron chi connectivity index (χ4n) is 2.65. The molecule has 21 heavy (non-hydrogen) atoms. The highest BCUT2D eigenvalue weighted by Gasteiger charge is 2.32. The second-order valence-corrected chi connectivity index (χ2v) is 8.36. The summed E-state index contributed by atoms with van der Waals surface area (Å²) in [5.74, 6) is 1.15. The van der Waals surface area contributed by atoms with Crippen LogP contribution >= 0.6 is 11.8 Å². The molecule has 122 valence electrons. The Labute approximate surface area is 132 Å². The van der Waals surface area contributed by atoms with E-state index in [2.05, 4.69) is 12.2 Å². The van der Waals surface area contributed by atoms with Crippen LogP contribution in [-0.2, 0) is 9.47 Å². The van der Waals surface area contributed by atoms with Gasteiger partial charge in [0.05, 0.1) is 19.3 Å². The van der Waals surface area contributed by atoms with E-state index in [1.54, 1.807) is 0 Å². The van der Waals surface area contributed by atoms with Crippen molar-refractivity contribution in [3.63, 3.8) is 0 Å². The molecule has 0 aliphatic carbocycles. The molecule has 3 atom stereocenters. The molecular weight excluding hydrogens is 288 g/mol. The van der Waals surface area contributed by atoms with Crippen LogP contribution in [-0.4, -0.2) is 66.0 Å². The number of hydrogen-bond acceptors (Lipinski definition) is 5. The van der Waals surface area contributed by atoms with Crippen LogP contribution in [0.25, 0.3) is 0 Å². The summed E-state index contributed by atoms with van der Waals surface area (Å²) in [6.07, 6.45) is 0.969. The lowest BCUT2D eigenvalue weighted by molar-refractivity contribution is -0.0321. The second-order valence-electron chi connectivity index (χ2n) is 6.89. The number of thioether (sulfide) groups is 1. The summed E-state index contributed by atoms with van der Waals surface area (Å²) >= 11 is 2.01. The van der Waals surface area contributed by atoms with Crippen molar-refractivity contribution in [1.29, 1.82) is 0 Å². The minimum absolute atomic E-state index is 0.0644. The second kappa shape index (κ2) is 7.20. The number of nitrogens with zero attached hydrogens (tertiary/aromatic N) is 1. The standard InChI is InChI=1S/C15H28N2O3S/c1-11-7-12(10-21-11)16-8-13-9-19-6-5-17(13)14(18)20-15(2,3)4/h11-13,16H,5-10H2,1-4H3. The summed E-state index contributed by atoms with van der Waals surface area (Å²) in [7, 11) is 0. The highest BCUT2D eigenvalue weighted by Crippen LogP contribution is 2.26. The normalized spacial score (nSPS) is 30.5. The van der Waals surface area contributed by atoms with Gasteiger partial charge in [0.25, 0.3) is 0 Å². The predicted octanol–water partition coefficient (Wildman–Crippen LogP) is 2.11. The van der Waals surface area contributed by atoms with Gasteiger partial charge >= 0.3 is 6.09 Å². The summed E-state index contributed by atoms with van der Waals surface area (Å²) < 4.78 is 11.0. The van der Waals surface area contributed by atoms with E-state index < -0.39 is 5.60 Å². The Hall–Kier alpha value is -0.460. The molecule has 2 saturated heterocycles. The van der Waals surface area contributed by atoms with Gasteiger partial charge in [-0.15, -0.1) is 0 Å². The fraction of sp³-hybridized carbons (Fsp3) is 0.933. The number of ether oxygens (including phenoxy) is 2. The van der Waals surface area contributed by atoms with Gasteiger partial charge in [-0.25, -0.2) is 4.79 Å². The minimum Gasteiger partial charge on any atom is -0.444 e. The van der Waals surface area contributed by atoms with E-state index in [0.717, 1.165) is 17.5 Å². The summed E-state index contributed by atoms with van der Waals surface area (Å²) in [6, 6.07) is 0.613. The number of amides is 1. The summed E-state index contributed by atoms with van der Waals surface area (Å²) in [6.45, 7) is 10.5. The average Bonchev–Trinajstić information content (AvgIpc) is 2.80. The summed E-state index contributed by atoms with van der Waals surface area (Å²) in [4.78, 5) is 14.1. The van der Waals surface area contributed by atoms with E-state index >= 15 is 0 Å². The number of rotatable bonds is 3. The Morgan fingerprint density at radius 3 is 2.86 bits per heavy atom. The van der Waals surface area contributed by atoms with Crippen molar-refractivity contribution < 1.29 is 14.3 Å². The maximum atomic E-state index is 12.3. The van der Waals surface area contributed by atoms with E-state index in [9.17, 15) is 4.79 Å². The number of nitrogens with one attached hydrogen (secondary N) is 1. The molecule has 0 saturated carbocycles. The van der Waals surface area contributed by atoms with Gasteiger partial charge in [0, 0.05) is 30.1 Å². The van der Waals surface area contributed by atoms with Gasteiger partial charge in [-0.1, -0.05) is 6.92 Å². The first-order valence-corrected chi connectivity index (χ1v) is 8.82. The zero-order valence-electron chi connectivity index (χ0n) is 13.6. The molecular formula is C15H28N2O3S. The van der Waals surface area contributed by atoms with Gasteiger partial charge in [0.2, 0.25) is 0 Å². The van der Waals surface area contributed by atoms with Crippen molar-refractivity contribution >= 4 is 17.9 Å². The van der Waals surface area contributed by atoms with Crippen molar-refractivity contribution in [3.05, 3.63) is 0 Å². The highest BCUT2D eigenvalue weighted by molar-refractivity contribution is 8.00. The van der Waals surface area contributed by atoms with Gasteiger partial charge in [-0.2, -0.15) is 11.8 Å². The van der Waals surface area contributed by atoms with Crippen molar-refractivity contribution in [3.8, 4) is 0 Å². The molecule has 0 spiro atoms. The molecule has 2 fully saturated rings. The average molecular weight is 316 g/mol. The van der Waals surface area contributed by atoms with Crippen LogP contribution in [0.2, 0.25) is 0 Å². The zero-order chi connectivity index (χ0) is 15.5. The number of carbonyl (C=O) groups excluding carboxylic acids is 1. The van der Waals surface area contributed by atoms with E-state index in [1.165, 1.54) is 6.42 Å². The van der Waals surface area contributed by atoms with Crippen molar-refractivity contribution in [2.75, 3.05) is 32.1 Å². The van der Waals surface area contributed by atoms with Crippen molar-refractivity contribution in [1.82, 2.24) is 10.2 Å². The zero-order valence-corrected chi connectivity index (χ0v) is 14.4. The maximum absolute atomic E-state index is 12.3. The van der Waals surface area contributed by atoms with E-state index in [-0.39, 0.29) is 12.1 Å². The maximum Gasteiger partial charge on any atom is 0.410 e. The van der Waals surface area contributed by atoms with Gasteiger partial charge in [0.15, 0.2) is 0 Å². The molecule has 0 aromatic heterocycles. The van der Waals surface area contributed by atoms with E-state index in [4.69, 9.17) is 9.47 Å². The largest absolute Gasteiger partial charge is 0.444 e. The van der Waals surface area contributed by atoms with Crippen LogP contribution in [0.5, 0.6) is 0 Å². The Morgan fingerprint density at radius 1 is 1.48 bits per heavy atom. The first-order chi connectivity index (χ1) is 9.85. The quantitative estimate of drug-likeness (QED) is 0.864. The molecule has 1 N–H and O–H groups in total. The smallest absolute Gasteiger partial charge is 0.410 e. The van der Waals surface area contributed by atoms with Gasteiger partial charge in [-0.3, -0.25) is 4.90 Å². The van der Waals surface area contributed by atoms with Gasteiger partial charge < -0.3 is 14.8 Å². The lowest BCUT2D eigenvalue weighted by atomic mass is 10.1. The fourth-order valence-corrected chi connectivity index (χ4v) is 3.83. The van der Waals surface area contributed by atoms with Crippen LogP contribution in [0.3, 0.4) is 0 Å². The molecule has 5 nitrogen and oxygen atoms in total. The molecule has 6 heteroatoms. The Balaban J connectivity index is 1.85. The topological polar surface area (TPSA) is 50.8 Å². The lowest BCUT2D eigenvalue weighted by Gasteiger charge is -2.37. The Bertz CT molecular complexity index is 359. The van der Waals surface area contributed by atoms with E-state index in [1.807, 2.05) is 37.4 Å². The van der Waals surface area contributed by atoms with E-state index in [0.29, 0.717) is 25.8 Å². The third kappa shape index (κ3) is 5.34. The van der Waals surface area contributed by atoms with Crippen molar-refractivity contribution in [2.45, 2.75) is 57.1 Å². The van der Waals surface area contributed by atoms with Crippen LogP contribution < -0.4 is 5.32 Å². The summed E-state index contributed by atoms with van der Waals surface area (Å²) in [5, 5.41) is 4.31. The molecule has 0 aromatic carbocycles. The molecule has 3 unspecified atom stereocenters. The third-order valence-electron chi connectivity index (χ3n) is 3.70. The van der Waals surface area contributed by atoms with Gasteiger partial charge in [-0.05, 0) is 27.2 Å². The van der Waals surface area contributed by atoms with Crippen LogP contribution in [0.4, 0.5) is 4.79 Å². The number of hydrogen-bond donors (Lipinski definition) is 1. The Morgan fingerprint density at radius 2 is 2.24 bits per heavy atom. The molecule has 2 aliphatic heterocycles. The first-order valence-electron chi connectivity index (χ1n) is 7.77. The predicted molar refractivity (Wildman–Crippen MR) is 85.9 cm³/mol.